The molecule has 0 aliphatic rings. The van der Waals surface area contributed by atoms with Crippen molar-refractivity contribution in [2.45, 2.75) is 13.3 Å². The molecule has 0 saturated carbocycles. The zero-order valence-corrected chi connectivity index (χ0v) is 15.4. The SMILES string of the molecule is CCOc1ccc(Cl)c(C(=O)NNC(=O)Cc2cccc3ccccc23)n1. The number of hydrogen-bond donors (Lipinski definition) is 2. The molecule has 7 heteroatoms. The summed E-state index contributed by atoms with van der Waals surface area (Å²) in [4.78, 5) is 28.6. The van der Waals surface area contributed by atoms with E-state index < -0.39 is 5.91 Å². The fourth-order valence-electron chi connectivity index (χ4n) is 2.66. The highest BCUT2D eigenvalue weighted by atomic mass is 35.5. The molecular formula is C20H18ClN3O3. The van der Waals surface area contributed by atoms with E-state index in [2.05, 4.69) is 15.8 Å². The van der Waals surface area contributed by atoms with Crippen LogP contribution in [0.5, 0.6) is 5.88 Å². The van der Waals surface area contributed by atoms with E-state index in [1.165, 1.54) is 6.07 Å². The molecule has 0 aliphatic carbocycles. The molecule has 0 radical (unpaired) electrons. The van der Waals surface area contributed by atoms with Crippen molar-refractivity contribution in [3.63, 3.8) is 0 Å². The number of rotatable bonds is 5. The van der Waals surface area contributed by atoms with Crippen molar-refractivity contribution in [3.8, 4) is 5.88 Å². The smallest absolute Gasteiger partial charge is 0.289 e. The van der Waals surface area contributed by atoms with Crippen LogP contribution in [0.25, 0.3) is 10.8 Å². The maximum absolute atomic E-state index is 12.3. The Labute approximate surface area is 161 Å². The number of aromatic nitrogens is 1. The predicted molar refractivity (Wildman–Crippen MR) is 104 cm³/mol. The first-order chi connectivity index (χ1) is 13.1. The molecule has 3 aromatic rings. The van der Waals surface area contributed by atoms with Crippen molar-refractivity contribution < 1.29 is 14.3 Å². The van der Waals surface area contributed by atoms with Gasteiger partial charge in [-0.15, -0.1) is 0 Å². The number of hydrazine groups is 1. The van der Waals surface area contributed by atoms with Gasteiger partial charge in [-0.05, 0) is 29.3 Å². The highest BCUT2D eigenvalue weighted by Gasteiger charge is 2.15. The Kier molecular flexibility index (Phi) is 5.88. The Morgan fingerprint density at radius 1 is 1.04 bits per heavy atom. The van der Waals surface area contributed by atoms with Crippen molar-refractivity contribution >= 4 is 34.2 Å². The number of benzene rings is 2. The van der Waals surface area contributed by atoms with Crippen LogP contribution in [0.1, 0.15) is 23.0 Å². The first-order valence-corrected chi connectivity index (χ1v) is 8.81. The summed E-state index contributed by atoms with van der Waals surface area (Å²) >= 11 is 6.01. The van der Waals surface area contributed by atoms with Gasteiger partial charge in [0.15, 0.2) is 5.69 Å². The lowest BCUT2D eigenvalue weighted by atomic mass is 10.0. The van der Waals surface area contributed by atoms with Crippen molar-refractivity contribution in [3.05, 3.63) is 70.9 Å². The summed E-state index contributed by atoms with van der Waals surface area (Å²) in [7, 11) is 0. The number of nitrogens with one attached hydrogen (secondary N) is 2. The second-order valence-electron chi connectivity index (χ2n) is 5.73. The van der Waals surface area contributed by atoms with Gasteiger partial charge < -0.3 is 4.74 Å². The molecule has 0 bridgehead atoms. The summed E-state index contributed by atoms with van der Waals surface area (Å²) in [6, 6.07) is 16.7. The molecule has 6 nitrogen and oxygen atoms in total. The van der Waals surface area contributed by atoms with Gasteiger partial charge in [-0.25, -0.2) is 4.98 Å². The second-order valence-corrected chi connectivity index (χ2v) is 6.14. The van der Waals surface area contributed by atoms with Gasteiger partial charge in [0, 0.05) is 6.07 Å². The Morgan fingerprint density at radius 3 is 2.63 bits per heavy atom. The molecule has 0 fully saturated rings. The summed E-state index contributed by atoms with van der Waals surface area (Å²) in [6.07, 6.45) is 0.127. The van der Waals surface area contributed by atoms with E-state index in [4.69, 9.17) is 16.3 Å². The summed E-state index contributed by atoms with van der Waals surface area (Å²) in [6.45, 7) is 2.22. The third-order valence-corrected chi connectivity index (χ3v) is 4.18. The zero-order chi connectivity index (χ0) is 19.2. The Hall–Kier alpha value is -3.12. The number of amides is 2. The molecule has 1 heterocycles. The molecule has 0 unspecified atom stereocenters. The summed E-state index contributed by atoms with van der Waals surface area (Å²) < 4.78 is 5.26. The molecule has 0 atom stereocenters. The van der Waals surface area contributed by atoms with Crippen LogP contribution in [0.2, 0.25) is 5.02 Å². The lowest BCUT2D eigenvalue weighted by Gasteiger charge is -2.10. The Bertz CT molecular complexity index is 986. The van der Waals surface area contributed by atoms with Gasteiger partial charge in [-0.3, -0.25) is 20.4 Å². The molecule has 3 rings (SSSR count). The molecule has 0 aliphatic heterocycles. The molecule has 2 N–H and O–H groups in total. The van der Waals surface area contributed by atoms with Crippen molar-refractivity contribution in [2.75, 3.05) is 6.61 Å². The number of hydrogen-bond acceptors (Lipinski definition) is 4. The van der Waals surface area contributed by atoms with E-state index in [1.807, 2.05) is 49.4 Å². The van der Waals surface area contributed by atoms with E-state index >= 15 is 0 Å². The fourth-order valence-corrected chi connectivity index (χ4v) is 2.85. The van der Waals surface area contributed by atoms with E-state index in [9.17, 15) is 9.59 Å². The molecule has 138 valence electrons. The van der Waals surface area contributed by atoms with Crippen LogP contribution < -0.4 is 15.6 Å². The summed E-state index contributed by atoms with van der Waals surface area (Å²) in [5.41, 5.74) is 5.58. The largest absolute Gasteiger partial charge is 0.478 e. The van der Waals surface area contributed by atoms with E-state index in [1.54, 1.807) is 6.07 Å². The van der Waals surface area contributed by atoms with Gasteiger partial charge in [-0.1, -0.05) is 54.1 Å². The fraction of sp³-hybridized carbons (Fsp3) is 0.150. The normalized spacial score (nSPS) is 10.4. The van der Waals surface area contributed by atoms with Crippen LogP contribution in [0, 0.1) is 0 Å². The molecule has 1 aromatic heterocycles. The highest BCUT2D eigenvalue weighted by Crippen LogP contribution is 2.19. The Balaban J connectivity index is 1.65. The van der Waals surface area contributed by atoms with Crippen molar-refractivity contribution in [1.82, 2.24) is 15.8 Å². The minimum atomic E-state index is -0.618. The average Bonchev–Trinajstić information content (AvgIpc) is 2.68. The number of halogens is 1. The Morgan fingerprint density at radius 2 is 1.81 bits per heavy atom. The number of carbonyl (C=O) groups excluding carboxylic acids is 2. The van der Waals surface area contributed by atoms with Crippen LogP contribution in [0.3, 0.4) is 0 Å². The van der Waals surface area contributed by atoms with Crippen LogP contribution in [-0.2, 0) is 11.2 Å². The average molecular weight is 384 g/mol. The summed E-state index contributed by atoms with van der Waals surface area (Å²) in [5.74, 6) is -0.682. The molecule has 2 aromatic carbocycles. The minimum absolute atomic E-state index is 0.0203. The minimum Gasteiger partial charge on any atom is -0.478 e. The van der Waals surface area contributed by atoms with Crippen LogP contribution in [0.4, 0.5) is 0 Å². The molecule has 2 amide bonds. The quantitative estimate of drug-likeness (QED) is 0.662. The van der Waals surface area contributed by atoms with Gasteiger partial charge >= 0.3 is 0 Å². The monoisotopic (exact) mass is 383 g/mol. The number of carbonyl (C=O) groups is 2. The standard InChI is InChI=1S/C20H18ClN3O3/c1-2-27-18-11-10-16(21)19(22-18)20(26)24-23-17(25)12-14-8-5-7-13-6-3-4-9-15(13)14/h3-11H,2,12H2,1H3,(H,23,25)(H,24,26). The zero-order valence-electron chi connectivity index (χ0n) is 14.7. The molecule has 0 saturated heterocycles. The molecule has 27 heavy (non-hydrogen) atoms. The maximum Gasteiger partial charge on any atom is 0.289 e. The molecular weight excluding hydrogens is 366 g/mol. The second kappa shape index (κ2) is 8.51. The van der Waals surface area contributed by atoms with Crippen molar-refractivity contribution in [2.24, 2.45) is 0 Å². The topological polar surface area (TPSA) is 80.3 Å². The number of pyridine rings is 1. The molecule has 0 spiro atoms. The van der Waals surface area contributed by atoms with Crippen LogP contribution in [0.15, 0.2) is 54.6 Å². The van der Waals surface area contributed by atoms with Crippen molar-refractivity contribution in [1.29, 1.82) is 0 Å². The number of nitrogens with zero attached hydrogens (tertiary/aromatic N) is 1. The number of fused-ring (bicyclic) bond motifs is 1. The van der Waals surface area contributed by atoms with Gasteiger partial charge in [0.05, 0.1) is 18.1 Å². The lowest BCUT2D eigenvalue weighted by molar-refractivity contribution is -0.121. The lowest BCUT2D eigenvalue weighted by Crippen LogP contribution is -2.42. The van der Waals surface area contributed by atoms with Gasteiger partial charge in [0.25, 0.3) is 5.91 Å². The van der Waals surface area contributed by atoms with E-state index in [0.717, 1.165) is 16.3 Å². The summed E-state index contributed by atoms with van der Waals surface area (Å²) in [5, 5.41) is 2.21. The first-order valence-electron chi connectivity index (χ1n) is 8.43. The van der Waals surface area contributed by atoms with Gasteiger partial charge in [0.1, 0.15) is 0 Å². The van der Waals surface area contributed by atoms with E-state index in [-0.39, 0.29) is 28.9 Å². The predicted octanol–water partition coefficient (Wildman–Crippen LogP) is 3.29. The highest BCUT2D eigenvalue weighted by molar-refractivity contribution is 6.33. The van der Waals surface area contributed by atoms with Gasteiger partial charge in [-0.2, -0.15) is 0 Å². The third kappa shape index (κ3) is 4.54. The maximum atomic E-state index is 12.3. The van der Waals surface area contributed by atoms with Gasteiger partial charge in [0.2, 0.25) is 11.8 Å². The third-order valence-electron chi connectivity index (χ3n) is 3.87. The number of ether oxygens (including phenoxy) is 1. The first kappa shape index (κ1) is 18.7. The van der Waals surface area contributed by atoms with Crippen LogP contribution in [-0.4, -0.2) is 23.4 Å². The van der Waals surface area contributed by atoms with Crippen LogP contribution >= 0.6 is 11.6 Å². The van der Waals surface area contributed by atoms with E-state index in [0.29, 0.717) is 6.61 Å².